The Balaban J connectivity index is 0.00000235. The van der Waals surface area contributed by atoms with Gasteiger partial charge < -0.3 is 14.8 Å². The topological polar surface area (TPSA) is 60.5 Å². The first-order chi connectivity index (χ1) is 18.1. The van der Waals surface area contributed by atoms with Crippen LogP contribution < -0.4 is 14.8 Å². The first-order valence-electron chi connectivity index (χ1n) is 13.0. The van der Waals surface area contributed by atoms with E-state index in [0.717, 1.165) is 37.2 Å². The van der Waals surface area contributed by atoms with Crippen molar-refractivity contribution in [2.75, 3.05) is 20.8 Å². The van der Waals surface area contributed by atoms with E-state index in [9.17, 15) is 4.79 Å². The number of amides is 1. The van der Waals surface area contributed by atoms with Crippen LogP contribution >= 0.6 is 0 Å². The Kier molecular flexibility index (Phi) is 12.1. The number of aromatic nitrogens is 1. The molecule has 0 saturated carbocycles. The summed E-state index contributed by atoms with van der Waals surface area (Å²) in [4.78, 5) is 17.6. The van der Waals surface area contributed by atoms with Crippen LogP contribution in [0.1, 0.15) is 66.9 Å². The zero-order chi connectivity index (χ0) is 27.2. The number of rotatable bonds is 11. The van der Waals surface area contributed by atoms with Crippen LogP contribution in [0.5, 0.6) is 11.5 Å². The number of hydrogen-bond acceptors (Lipinski definition) is 4. The van der Waals surface area contributed by atoms with Gasteiger partial charge in [-0.1, -0.05) is 75.9 Å². The summed E-state index contributed by atoms with van der Waals surface area (Å²) in [7, 11) is 3.16. The third kappa shape index (κ3) is 7.56. The minimum Gasteiger partial charge on any atom is -0.494 e. The lowest BCUT2D eigenvalue weighted by Gasteiger charge is -2.17. The lowest BCUT2D eigenvalue weighted by atomic mass is 9.97. The first-order valence-corrected chi connectivity index (χ1v) is 13.0. The Morgan fingerprint density at radius 1 is 1.03 bits per heavy atom. The molecule has 5 heteroatoms. The zero-order valence-electron chi connectivity index (χ0n) is 23.1. The Morgan fingerprint density at radius 3 is 2.11 bits per heavy atom. The highest BCUT2D eigenvalue weighted by atomic mass is 16.5. The monoisotopic (exact) mass is 500 g/mol. The molecule has 37 heavy (non-hydrogen) atoms. The molecule has 2 aromatic carbocycles. The van der Waals surface area contributed by atoms with Gasteiger partial charge in [0.25, 0.3) is 5.91 Å². The smallest absolute Gasteiger partial charge is 0.255 e. The maximum atomic E-state index is 12.8. The molecule has 0 spiro atoms. The molecule has 0 aliphatic carbocycles. The van der Waals surface area contributed by atoms with Gasteiger partial charge in [0.1, 0.15) is 11.4 Å². The van der Waals surface area contributed by atoms with Crippen molar-refractivity contribution in [1.82, 2.24) is 10.3 Å². The van der Waals surface area contributed by atoms with Gasteiger partial charge in [-0.15, -0.1) is 0 Å². The van der Waals surface area contributed by atoms with Crippen LogP contribution in [0.2, 0.25) is 0 Å². The third-order valence-corrected chi connectivity index (χ3v) is 5.73. The van der Waals surface area contributed by atoms with Crippen molar-refractivity contribution in [2.24, 2.45) is 0 Å². The average molecular weight is 501 g/mol. The minimum absolute atomic E-state index is 0.242. The van der Waals surface area contributed by atoms with Crippen LogP contribution in [-0.4, -0.2) is 31.7 Å². The molecule has 1 aromatic heterocycles. The van der Waals surface area contributed by atoms with Gasteiger partial charge in [-0.3, -0.25) is 4.79 Å². The minimum atomic E-state index is -0.242. The standard InChI is InChI=1S/C30H34N2O3.C2H6/c1-6-9-26-25(8-3)27(30(33)31-4)29(34-5)28(32-26)23-16-12-21(13-17-23)10-11-22-14-18-24(19-15-22)35-20-7-2;1-2/h6,8-9,12-19H,3,7,10-11,20H2,1-2,4-5H3,(H,31,33);1-2H3/b9-6-;. The number of benzene rings is 2. The van der Waals surface area contributed by atoms with Crippen molar-refractivity contribution in [1.29, 1.82) is 0 Å². The number of allylic oxidation sites excluding steroid dienone is 1. The number of carbonyl (C=O) groups excluding carboxylic acids is 1. The first kappa shape index (κ1) is 29.4. The lowest BCUT2D eigenvalue weighted by molar-refractivity contribution is 0.0959. The summed E-state index contributed by atoms with van der Waals surface area (Å²) in [5, 5.41) is 2.71. The summed E-state index contributed by atoms with van der Waals surface area (Å²) in [5.41, 5.74) is 5.75. The molecule has 0 unspecified atom stereocenters. The number of aryl methyl sites for hydroxylation is 2. The molecule has 5 nitrogen and oxygen atoms in total. The fraction of sp³-hybridized carbons (Fsp3) is 0.312. The van der Waals surface area contributed by atoms with Gasteiger partial charge in [0, 0.05) is 18.2 Å². The molecular formula is C32H40N2O3. The number of nitrogens with zero attached hydrogens (tertiary/aromatic N) is 1. The van der Waals surface area contributed by atoms with Gasteiger partial charge in [-0.2, -0.15) is 0 Å². The second kappa shape index (κ2) is 15.3. The van der Waals surface area contributed by atoms with Crippen molar-refractivity contribution in [3.63, 3.8) is 0 Å². The fourth-order valence-electron chi connectivity index (χ4n) is 3.93. The second-order valence-corrected chi connectivity index (χ2v) is 8.14. The summed E-state index contributed by atoms with van der Waals surface area (Å²) in [5.74, 6) is 1.11. The van der Waals surface area contributed by atoms with E-state index in [1.807, 2.05) is 57.2 Å². The van der Waals surface area contributed by atoms with Gasteiger partial charge >= 0.3 is 0 Å². The Hall–Kier alpha value is -3.86. The van der Waals surface area contributed by atoms with Gasteiger partial charge in [0.2, 0.25) is 0 Å². The van der Waals surface area contributed by atoms with Crippen molar-refractivity contribution < 1.29 is 14.3 Å². The predicted octanol–water partition coefficient (Wildman–Crippen LogP) is 7.39. The maximum Gasteiger partial charge on any atom is 0.255 e. The lowest BCUT2D eigenvalue weighted by Crippen LogP contribution is -2.21. The predicted molar refractivity (Wildman–Crippen MR) is 155 cm³/mol. The van der Waals surface area contributed by atoms with Gasteiger partial charge in [-0.05, 0) is 55.5 Å². The van der Waals surface area contributed by atoms with Crippen LogP contribution in [0.3, 0.4) is 0 Å². The molecule has 0 saturated heterocycles. The van der Waals surface area contributed by atoms with Crippen LogP contribution in [0, 0.1) is 0 Å². The van der Waals surface area contributed by atoms with Gasteiger partial charge in [-0.25, -0.2) is 4.98 Å². The Bertz CT molecular complexity index is 1180. The van der Waals surface area contributed by atoms with Crippen molar-refractivity contribution in [3.05, 3.63) is 89.1 Å². The van der Waals surface area contributed by atoms with E-state index in [1.54, 1.807) is 20.2 Å². The van der Waals surface area contributed by atoms with Crippen LogP contribution in [-0.2, 0) is 12.8 Å². The number of ether oxygens (including phenoxy) is 2. The number of methoxy groups -OCH3 is 1. The molecule has 0 aliphatic rings. The van der Waals surface area contributed by atoms with Gasteiger partial charge in [0.05, 0.1) is 25.0 Å². The Morgan fingerprint density at radius 2 is 1.62 bits per heavy atom. The van der Waals surface area contributed by atoms with Crippen molar-refractivity contribution >= 4 is 18.1 Å². The normalized spacial score (nSPS) is 10.4. The van der Waals surface area contributed by atoms with E-state index in [1.165, 1.54) is 11.1 Å². The summed E-state index contributed by atoms with van der Waals surface area (Å²) in [6.07, 6.45) is 8.27. The number of nitrogens with one attached hydrogen (secondary N) is 1. The molecule has 0 radical (unpaired) electrons. The van der Waals surface area contributed by atoms with E-state index in [4.69, 9.17) is 14.5 Å². The Labute approximate surface area is 222 Å². The second-order valence-electron chi connectivity index (χ2n) is 8.14. The number of pyridine rings is 1. The average Bonchev–Trinajstić information content (AvgIpc) is 2.95. The highest BCUT2D eigenvalue weighted by Crippen LogP contribution is 2.36. The summed E-state index contributed by atoms with van der Waals surface area (Å²) < 4.78 is 11.4. The number of hydrogen-bond donors (Lipinski definition) is 1. The molecule has 3 aromatic rings. The quantitative estimate of drug-likeness (QED) is 0.298. The van der Waals surface area contributed by atoms with Crippen molar-refractivity contribution in [2.45, 2.75) is 47.0 Å². The molecule has 196 valence electrons. The van der Waals surface area contributed by atoms with Crippen molar-refractivity contribution in [3.8, 4) is 22.8 Å². The molecule has 1 N–H and O–H groups in total. The van der Waals surface area contributed by atoms with E-state index >= 15 is 0 Å². The van der Waals surface area contributed by atoms with E-state index < -0.39 is 0 Å². The molecule has 0 aliphatic heterocycles. The van der Waals surface area contributed by atoms with E-state index in [2.05, 4.69) is 43.1 Å². The van der Waals surface area contributed by atoms with Crippen LogP contribution in [0.25, 0.3) is 23.4 Å². The highest BCUT2D eigenvalue weighted by molar-refractivity contribution is 6.03. The van der Waals surface area contributed by atoms with E-state index in [-0.39, 0.29) is 5.91 Å². The van der Waals surface area contributed by atoms with Gasteiger partial charge in [0.15, 0.2) is 5.75 Å². The van der Waals surface area contributed by atoms with E-state index in [0.29, 0.717) is 28.3 Å². The molecule has 3 rings (SSSR count). The highest BCUT2D eigenvalue weighted by Gasteiger charge is 2.23. The summed E-state index contributed by atoms with van der Waals surface area (Å²) in [6, 6.07) is 16.6. The molecule has 1 amide bonds. The largest absolute Gasteiger partial charge is 0.494 e. The molecule has 0 fully saturated rings. The fourth-order valence-corrected chi connectivity index (χ4v) is 3.93. The summed E-state index contributed by atoms with van der Waals surface area (Å²) >= 11 is 0. The number of carbonyl (C=O) groups is 1. The molecular weight excluding hydrogens is 460 g/mol. The van der Waals surface area contributed by atoms with Crippen LogP contribution in [0.15, 0.2) is 61.2 Å². The molecule has 1 heterocycles. The SMILES string of the molecule is C=Cc1c(/C=C\C)nc(-c2ccc(CCc3ccc(OCCC)cc3)cc2)c(OC)c1C(=O)NC.CC. The molecule has 0 atom stereocenters. The molecule has 0 bridgehead atoms. The summed E-state index contributed by atoms with van der Waals surface area (Å²) in [6.45, 7) is 12.6. The van der Waals surface area contributed by atoms with Crippen LogP contribution in [0.4, 0.5) is 0 Å². The zero-order valence-corrected chi connectivity index (χ0v) is 23.1. The third-order valence-electron chi connectivity index (χ3n) is 5.73. The maximum absolute atomic E-state index is 12.8.